The molecule has 2 unspecified atom stereocenters. The minimum atomic E-state index is 0.132. The van der Waals surface area contributed by atoms with Crippen molar-refractivity contribution in [3.05, 3.63) is 89.6 Å². The molecule has 160 valence electrons. The number of anilines is 1. The second-order valence-corrected chi connectivity index (χ2v) is 7.80. The first kappa shape index (κ1) is 20.8. The van der Waals surface area contributed by atoms with E-state index < -0.39 is 0 Å². The molecule has 0 aliphatic carbocycles. The Hall–Kier alpha value is -3.44. The quantitative estimate of drug-likeness (QED) is 0.360. The number of ether oxygens (including phenoxy) is 2. The van der Waals surface area contributed by atoms with Crippen molar-refractivity contribution < 1.29 is 9.47 Å². The number of benzene rings is 3. The van der Waals surface area contributed by atoms with Gasteiger partial charge in [-0.15, -0.1) is 0 Å². The van der Waals surface area contributed by atoms with Crippen molar-refractivity contribution in [1.29, 1.82) is 0 Å². The maximum absolute atomic E-state index is 6.36. The highest BCUT2D eigenvalue weighted by molar-refractivity contribution is 5.83. The van der Waals surface area contributed by atoms with E-state index in [1.807, 2.05) is 24.3 Å². The van der Waals surface area contributed by atoms with E-state index in [0.717, 1.165) is 29.1 Å². The Morgan fingerprint density at radius 1 is 0.871 bits per heavy atom. The lowest BCUT2D eigenvalue weighted by Gasteiger charge is -2.27. The predicted molar refractivity (Wildman–Crippen MR) is 127 cm³/mol. The molecule has 5 nitrogen and oxygen atoms in total. The van der Waals surface area contributed by atoms with Crippen LogP contribution in [0.4, 0.5) is 5.69 Å². The molecule has 1 heterocycles. The van der Waals surface area contributed by atoms with Gasteiger partial charge in [-0.2, -0.15) is 0 Å². The van der Waals surface area contributed by atoms with Gasteiger partial charge in [0, 0.05) is 28.7 Å². The zero-order chi connectivity index (χ0) is 21.8. The number of para-hydroxylation sites is 1. The highest BCUT2D eigenvalue weighted by atomic mass is 16.5. The summed E-state index contributed by atoms with van der Waals surface area (Å²) in [4.78, 5) is 3.43. The maximum atomic E-state index is 6.36. The van der Waals surface area contributed by atoms with E-state index in [2.05, 4.69) is 53.6 Å². The zero-order valence-corrected chi connectivity index (χ0v) is 18.0. The van der Waals surface area contributed by atoms with Gasteiger partial charge in [-0.05, 0) is 65.9 Å². The van der Waals surface area contributed by atoms with Crippen molar-refractivity contribution in [2.24, 2.45) is 5.73 Å². The number of nitrogen functional groups attached to an aromatic ring is 1. The Morgan fingerprint density at radius 2 is 1.61 bits per heavy atom. The summed E-state index contributed by atoms with van der Waals surface area (Å²) >= 11 is 0. The van der Waals surface area contributed by atoms with E-state index in [4.69, 9.17) is 20.9 Å². The minimum Gasteiger partial charge on any atom is -0.493 e. The fraction of sp³-hybridized carbons (Fsp3) is 0.231. The molecule has 0 fully saturated rings. The second kappa shape index (κ2) is 9.14. The number of methoxy groups -OCH3 is 2. The normalized spacial score (nSPS) is 13.1. The van der Waals surface area contributed by atoms with Crippen molar-refractivity contribution in [2.45, 2.75) is 18.3 Å². The molecule has 0 bridgehead atoms. The number of fused-ring (bicyclic) bond motifs is 1. The van der Waals surface area contributed by atoms with Crippen LogP contribution >= 0.6 is 0 Å². The van der Waals surface area contributed by atoms with Crippen molar-refractivity contribution in [3.63, 3.8) is 0 Å². The second-order valence-electron chi connectivity index (χ2n) is 7.80. The van der Waals surface area contributed by atoms with Crippen LogP contribution in [0.15, 0.2) is 72.9 Å². The molecule has 0 spiro atoms. The van der Waals surface area contributed by atoms with Gasteiger partial charge in [-0.25, -0.2) is 0 Å². The van der Waals surface area contributed by atoms with Crippen LogP contribution in [-0.4, -0.2) is 25.7 Å². The summed E-state index contributed by atoms with van der Waals surface area (Å²) in [5.74, 6) is 1.76. The number of aromatic nitrogens is 1. The van der Waals surface area contributed by atoms with E-state index in [1.165, 1.54) is 22.1 Å². The fourth-order valence-electron chi connectivity index (χ4n) is 4.41. The average Bonchev–Trinajstić information content (AvgIpc) is 3.24. The highest BCUT2D eigenvalue weighted by Crippen LogP contribution is 2.40. The zero-order valence-electron chi connectivity index (χ0n) is 18.0. The topological polar surface area (TPSA) is 86.3 Å². The minimum absolute atomic E-state index is 0.132. The SMILES string of the molecule is COc1ccc(CC(c2c[nH]c3ccccc23)C(CN)c2ccc(N)cc2)cc1OC. The summed E-state index contributed by atoms with van der Waals surface area (Å²) in [5, 5.41) is 1.22. The Balaban J connectivity index is 1.80. The molecule has 0 saturated carbocycles. The third kappa shape index (κ3) is 4.23. The van der Waals surface area contributed by atoms with Gasteiger partial charge in [-0.1, -0.05) is 36.4 Å². The van der Waals surface area contributed by atoms with Crippen LogP contribution in [0, 0.1) is 0 Å². The summed E-state index contributed by atoms with van der Waals surface area (Å²) in [6.07, 6.45) is 2.94. The molecular formula is C26H29N3O2. The molecule has 0 radical (unpaired) electrons. The van der Waals surface area contributed by atoms with E-state index in [1.54, 1.807) is 14.2 Å². The Bertz CT molecular complexity index is 1150. The van der Waals surface area contributed by atoms with Gasteiger partial charge < -0.3 is 25.9 Å². The lowest BCUT2D eigenvalue weighted by Crippen LogP contribution is -2.22. The molecule has 2 atom stereocenters. The van der Waals surface area contributed by atoms with Crippen LogP contribution in [0.1, 0.15) is 28.5 Å². The molecule has 0 saturated heterocycles. The number of hydrogen-bond donors (Lipinski definition) is 3. The fourth-order valence-corrected chi connectivity index (χ4v) is 4.41. The Morgan fingerprint density at radius 3 is 2.32 bits per heavy atom. The van der Waals surface area contributed by atoms with Crippen LogP contribution in [0.2, 0.25) is 0 Å². The molecule has 5 heteroatoms. The van der Waals surface area contributed by atoms with E-state index in [-0.39, 0.29) is 11.8 Å². The number of nitrogens with one attached hydrogen (secondary N) is 1. The van der Waals surface area contributed by atoms with Crippen molar-refractivity contribution >= 4 is 16.6 Å². The first-order valence-corrected chi connectivity index (χ1v) is 10.5. The smallest absolute Gasteiger partial charge is 0.160 e. The molecule has 0 amide bonds. The van der Waals surface area contributed by atoms with Gasteiger partial charge in [0.2, 0.25) is 0 Å². The molecule has 1 aromatic heterocycles. The van der Waals surface area contributed by atoms with Gasteiger partial charge in [0.05, 0.1) is 14.2 Å². The van der Waals surface area contributed by atoms with Crippen molar-refractivity contribution in [1.82, 2.24) is 4.98 Å². The van der Waals surface area contributed by atoms with E-state index in [0.29, 0.717) is 6.54 Å². The maximum Gasteiger partial charge on any atom is 0.160 e. The number of rotatable bonds is 8. The monoisotopic (exact) mass is 415 g/mol. The Labute approximate surface area is 183 Å². The molecule has 0 aliphatic heterocycles. The number of H-pyrrole nitrogens is 1. The summed E-state index contributed by atoms with van der Waals surface area (Å²) < 4.78 is 10.9. The first-order chi connectivity index (χ1) is 15.1. The van der Waals surface area contributed by atoms with Gasteiger partial charge in [0.25, 0.3) is 0 Å². The number of aromatic amines is 1. The third-order valence-electron chi connectivity index (χ3n) is 6.03. The van der Waals surface area contributed by atoms with Gasteiger partial charge in [0.15, 0.2) is 11.5 Å². The van der Waals surface area contributed by atoms with Crippen molar-refractivity contribution in [3.8, 4) is 11.5 Å². The van der Waals surface area contributed by atoms with Gasteiger partial charge in [-0.3, -0.25) is 0 Å². The summed E-state index contributed by atoms with van der Waals surface area (Å²) in [6.45, 7) is 0.529. The van der Waals surface area contributed by atoms with Crippen LogP contribution in [-0.2, 0) is 6.42 Å². The molecule has 3 aromatic carbocycles. The molecule has 0 aliphatic rings. The number of nitrogens with two attached hydrogens (primary N) is 2. The highest BCUT2D eigenvalue weighted by Gasteiger charge is 2.27. The standard InChI is InChI=1S/C26H29N3O2/c1-30-25-12-7-17(14-26(25)31-2)13-21(22(15-27)18-8-10-19(28)11-9-18)23-16-29-24-6-4-3-5-20(23)24/h3-12,14,16,21-22,29H,13,15,27-28H2,1-2H3. The van der Waals surface area contributed by atoms with Crippen LogP contribution in [0.25, 0.3) is 10.9 Å². The largest absolute Gasteiger partial charge is 0.493 e. The third-order valence-corrected chi connectivity index (χ3v) is 6.03. The van der Waals surface area contributed by atoms with Crippen molar-refractivity contribution in [2.75, 3.05) is 26.5 Å². The molecule has 4 aromatic rings. The van der Waals surface area contributed by atoms with E-state index in [9.17, 15) is 0 Å². The molecule has 4 rings (SSSR count). The average molecular weight is 416 g/mol. The first-order valence-electron chi connectivity index (χ1n) is 10.5. The van der Waals surface area contributed by atoms with Gasteiger partial charge >= 0.3 is 0 Å². The van der Waals surface area contributed by atoms with Gasteiger partial charge in [0.1, 0.15) is 0 Å². The molecule has 31 heavy (non-hydrogen) atoms. The summed E-state index contributed by atoms with van der Waals surface area (Å²) in [7, 11) is 3.31. The predicted octanol–water partition coefficient (Wildman–Crippen LogP) is 4.84. The van der Waals surface area contributed by atoms with Crippen LogP contribution in [0.3, 0.4) is 0 Å². The van der Waals surface area contributed by atoms with Crippen LogP contribution < -0.4 is 20.9 Å². The lowest BCUT2D eigenvalue weighted by molar-refractivity contribution is 0.354. The lowest BCUT2D eigenvalue weighted by atomic mass is 9.77. The summed E-state index contributed by atoms with van der Waals surface area (Å²) in [6, 6.07) is 22.6. The Kier molecular flexibility index (Phi) is 6.14. The molecular weight excluding hydrogens is 386 g/mol. The van der Waals surface area contributed by atoms with Crippen LogP contribution in [0.5, 0.6) is 11.5 Å². The number of hydrogen-bond acceptors (Lipinski definition) is 4. The molecule has 5 N–H and O–H groups in total. The van der Waals surface area contributed by atoms with E-state index >= 15 is 0 Å². The summed E-state index contributed by atoms with van der Waals surface area (Å²) in [5.41, 5.74) is 17.8.